The van der Waals surface area contributed by atoms with Gasteiger partial charge in [-0.3, -0.25) is 9.78 Å². The van der Waals surface area contributed by atoms with Gasteiger partial charge in [-0.25, -0.2) is 0 Å². The highest BCUT2D eigenvalue weighted by Gasteiger charge is 2.27. The van der Waals surface area contributed by atoms with E-state index in [2.05, 4.69) is 47.6 Å². The zero-order chi connectivity index (χ0) is 16.8. The summed E-state index contributed by atoms with van der Waals surface area (Å²) < 4.78 is 0. The number of aryl methyl sites for hydroxylation is 2. The summed E-state index contributed by atoms with van der Waals surface area (Å²) >= 11 is 0. The van der Waals surface area contributed by atoms with E-state index in [1.54, 1.807) is 6.20 Å². The number of halogens is 1. The van der Waals surface area contributed by atoms with Crippen molar-refractivity contribution in [3.63, 3.8) is 0 Å². The van der Waals surface area contributed by atoms with Crippen molar-refractivity contribution in [2.24, 2.45) is 0 Å². The molecule has 1 atom stereocenters. The molecule has 0 spiro atoms. The van der Waals surface area contributed by atoms with Crippen molar-refractivity contribution in [2.45, 2.75) is 32.2 Å². The van der Waals surface area contributed by atoms with Gasteiger partial charge >= 0.3 is 0 Å². The summed E-state index contributed by atoms with van der Waals surface area (Å²) in [4.78, 5) is 18.9. The Labute approximate surface area is 156 Å². The smallest absolute Gasteiger partial charge is 0.223 e. The second-order valence-electron chi connectivity index (χ2n) is 6.43. The Morgan fingerprint density at radius 3 is 2.80 bits per heavy atom. The van der Waals surface area contributed by atoms with Crippen molar-refractivity contribution in [1.29, 1.82) is 0 Å². The summed E-state index contributed by atoms with van der Waals surface area (Å²) in [6.45, 7) is 4.52. The molecule has 0 aliphatic carbocycles. The van der Waals surface area contributed by atoms with Crippen LogP contribution in [0.25, 0.3) is 0 Å². The van der Waals surface area contributed by atoms with E-state index < -0.39 is 0 Å². The maximum absolute atomic E-state index is 12.7. The summed E-state index contributed by atoms with van der Waals surface area (Å²) in [5.41, 5.74) is 3.68. The number of amides is 1. The molecule has 1 saturated heterocycles. The van der Waals surface area contributed by atoms with Crippen LogP contribution >= 0.6 is 12.4 Å². The Morgan fingerprint density at radius 2 is 2.08 bits per heavy atom. The van der Waals surface area contributed by atoms with Gasteiger partial charge in [0, 0.05) is 38.4 Å². The lowest BCUT2D eigenvalue weighted by molar-refractivity contribution is -0.134. The predicted molar refractivity (Wildman–Crippen MR) is 103 cm³/mol. The number of pyridine rings is 1. The van der Waals surface area contributed by atoms with Gasteiger partial charge in [-0.1, -0.05) is 35.9 Å². The number of hydrogen-bond donors (Lipinski definition) is 1. The van der Waals surface area contributed by atoms with E-state index in [4.69, 9.17) is 0 Å². The second kappa shape index (κ2) is 9.54. The fraction of sp³-hybridized carbons (Fsp3) is 0.400. The molecular formula is C20H26ClN3O. The van der Waals surface area contributed by atoms with Crippen LogP contribution in [0.3, 0.4) is 0 Å². The van der Waals surface area contributed by atoms with E-state index >= 15 is 0 Å². The molecule has 4 nitrogen and oxygen atoms in total. The molecule has 1 aromatic carbocycles. The second-order valence-corrected chi connectivity index (χ2v) is 6.43. The largest absolute Gasteiger partial charge is 0.333 e. The van der Waals surface area contributed by atoms with Gasteiger partial charge in [-0.05, 0) is 37.0 Å². The lowest BCUT2D eigenvalue weighted by Gasteiger charge is -2.36. The average molecular weight is 360 g/mol. The number of aromatic nitrogens is 1. The van der Waals surface area contributed by atoms with Crippen molar-refractivity contribution in [3.05, 3.63) is 65.5 Å². The van der Waals surface area contributed by atoms with Gasteiger partial charge in [-0.15, -0.1) is 12.4 Å². The lowest BCUT2D eigenvalue weighted by Crippen LogP contribution is -2.48. The minimum Gasteiger partial charge on any atom is -0.333 e. The first-order valence-corrected chi connectivity index (χ1v) is 8.70. The van der Waals surface area contributed by atoms with Gasteiger partial charge in [0.1, 0.15) is 0 Å². The molecule has 1 aliphatic heterocycles. The normalized spacial score (nSPS) is 17.0. The van der Waals surface area contributed by atoms with E-state index in [0.717, 1.165) is 38.0 Å². The van der Waals surface area contributed by atoms with Gasteiger partial charge in [0.25, 0.3) is 0 Å². The fourth-order valence-electron chi connectivity index (χ4n) is 3.22. The number of rotatable bonds is 5. The number of benzene rings is 1. The molecule has 3 rings (SSSR count). The highest BCUT2D eigenvalue weighted by atomic mass is 35.5. The third kappa shape index (κ3) is 5.28. The predicted octanol–water partition coefficient (Wildman–Crippen LogP) is 3.31. The Morgan fingerprint density at radius 1 is 1.28 bits per heavy atom. The summed E-state index contributed by atoms with van der Waals surface area (Å²) in [6.07, 6.45) is 6.09. The van der Waals surface area contributed by atoms with Crippen LogP contribution in [-0.4, -0.2) is 35.4 Å². The first-order chi connectivity index (χ1) is 11.7. The van der Waals surface area contributed by atoms with E-state index in [1.807, 2.05) is 17.2 Å². The van der Waals surface area contributed by atoms with Crippen LogP contribution in [-0.2, 0) is 11.2 Å². The minimum atomic E-state index is 0. The molecule has 0 saturated carbocycles. The van der Waals surface area contributed by atoms with E-state index in [9.17, 15) is 4.79 Å². The van der Waals surface area contributed by atoms with Crippen molar-refractivity contribution < 1.29 is 4.79 Å². The summed E-state index contributed by atoms with van der Waals surface area (Å²) in [7, 11) is 0. The molecule has 2 heterocycles. The highest BCUT2D eigenvalue weighted by Crippen LogP contribution is 2.22. The average Bonchev–Trinajstić information content (AvgIpc) is 2.64. The number of hydrogen-bond acceptors (Lipinski definition) is 3. The Balaban J connectivity index is 0.00000225. The molecular weight excluding hydrogens is 334 g/mol. The monoisotopic (exact) mass is 359 g/mol. The maximum atomic E-state index is 12.7. The molecule has 1 aliphatic rings. The summed E-state index contributed by atoms with van der Waals surface area (Å²) in [6, 6.07) is 12.7. The molecule has 1 amide bonds. The lowest BCUT2D eigenvalue weighted by atomic mass is 10.0. The van der Waals surface area contributed by atoms with Crippen molar-refractivity contribution in [2.75, 3.05) is 19.6 Å². The number of nitrogens with one attached hydrogen (secondary N) is 1. The third-order valence-electron chi connectivity index (χ3n) is 4.61. The van der Waals surface area contributed by atoms with Gasteiger partial charge < -0.3 is 10.2 Å². The van der Waals surface area contributed by atoms with Crippen LogP contribution in [0.15, 0.2) is 48.8 Å². The zero-order valence-corrected chi connectivity index (χ0v) is 15.5. The molecule has 2 aromatic rings. The van der Waals surface area contributed by atoms with Crippen LogP contribution in [0.2, 0.25) is 0 Å². The zero-order valence-electron chi connectivity index (χ0n) is 14.6. The number of carbonyl (C=O) groups excluding carboxylic acids is 1. The van der Waals surface area contributed by atoms with Crippen LogP contribution in [0, 0.1) is 6.92 Å². The minimum absolute atomic E-state index is 0. The molecule has 1 N–H and O–H groups in total. The number of piperazine rings is 1. The van der Waals surface area contributed by atoms with Gasteiger partial charge in [0.15, 0.2) is 0 Å². The Bertz CT molecular complexity index is 660. The topological polar surface area (TPSA) is 45.2 Å². The van der Waals surface area contributed by atoms with Gasteiger partial charge in [-0.2, -0.15) is 0 Å². The van der Waals surface area contributed by atoms with E-state index in [-0.39, 0.29) is 24.4 Å². The first-order valence-electron chi connectivity index (χ1n) is 8.70. The molecule has 1 fully saturated rings. The van der Waals surface area contributed by atoms with Crippen molar-refractivity contribution in [1.82, 2.24) is 15.2 Å². The van der Waals surface area contributed by atoms with E-state index in [1.165, 1.54) is 11.1 Å². The van der Waals surface area contributed by atoms with Crippen molar-refractivity contribution in [3.8, 4) is 0 Å². The molecule has 134 valence electrons. The summed E-state index contributed by atoms with van der Waals surface area (Å²) in [5, 5.41) is 3.38. The molecule has 0 bridgehead atoms. The molecule has 1 aromatic heterocycles. The van der Waals surface area contributed by atoms with Gasteiger partial charge in [0.2, 0.25) is 5.91 Å². The first kappa shape index (κ1) is 19.4. The molecule has 25 heavy (non-hydrogen) atoms. The molecule has 5 heteroatoms. The SMILES string of the molecule is Cc1ccc(CCCC(=O)N2CCNCC2c2cccnc2)cc1.Cl. The van der Waals surface area contributed by atoms with Crippen LogP contribution < -0.4 is 5.32 Å². The fourth-order valence-corrected chi connectivity index (χ4v) is 3.22. The molecule has 1 unspecified atom stereocenters. The maximum Gasteiger partial charge on any atom is 0.223 e. The Hall–Kier alpha value is -1.91. The Kier molecular flexibility index (Phi) is 7.41. The van der Waals surface area contributed by atoms with Gasteiger partial charge in [0.05, 0.1) is 6.04 Å². The standard InChI is InChI=1S/C20H25N3O.ClH/c1-16-7-9-17(10-8-16)4-2-6-20(24)23-13-12-22-15-19(23)18-5-3-11-21-14-18;/h3,5,7-11,14,19,22H,2,4,6,12-13,15H2,1H3;1H. The van der Waals surface area contributed by atoms with Crippen LogP contribution in [0.4, 0.5) is 0 Å². The highest BCUT2D eigenvalue weighted by molar-refractivity contribution is 5.85. The summed E-state index contributed by atoms with van der Waals surface area (Å²) in [5.74, 6) is 0.248. The molecule has 0 radical (unpaired) electrons. The third-order valence-corrected chi connectivity index (χ3v) is 4.61. The number of nitrogens with zero attached hydrogens (tertiary/aromatic N) is 2. The van der Waals surface area contributed by atoms with Crippen molar-refractivity contribution >= 4 is 18.3 Å². The van der Waals surface area contributed by atoms with E-state index in [0.29, 0.717) is 6.42 Å². The number of carbonyl (C=O) groups is 1. The van der Waals surface area contributed by atoms with Crippen LogP contribution in [0.1, 0.15) is 35.6 Å². The quantitative estimate of drug-likeness (QED) is 0.890. The van der Waals surface area contributed by atoms with Crippen LogP contribution in [0.5, 0.6) is 0 Å².